The first-order chi connectivity index (χ1) is 8.71. The number of carbonyl (C=O) groups excluding carboxylic acids is 1. The molecule has 0 aromatic heterocycles. The summed E-state index contributed by atoms with van der Waals surface area (Å²) in [6.45, 7) is 1.04. The lowest BCUT2D eigenvalue weighted by molar-refractivity contribution is -0.113. The summed E-state index contributed by atoms with van der Waals surface area (Å²) in [5.41, 5.74) is 1.65. The van der Waals surface area contributed by atoms with Crippen LogP contribution >= 0.6 is 11.8 Å². The Balaban J connectivity index is 1.83. The number of fused-ring (bicyclic) bond motifs is 1. The molecular weight excluding hydrogens is 248 g/mol. The lowest BCUT2D eigenvalue weighted by atomic mass is 9.81. The highest BCUT2D eigenvalue weighted by Crippen LogP contribution is 2.36. The third kappa shape index (κ3) is 1.98. The van der Waals surface area contributed by atoms with Gasteiger partial charge in [0.1, 0.15) is 5.41 Å². The van der Waals surface area contributed by atoms with Gasteiger partial charge >= 0.3 is 0 Å². The zero-order valence-electron chi connectivity index (χ0n) is 9.73. The topological polar surface area (TPSA) is 62.1 Å². The number of amides is 1. The monoisotopic (exact) mass is 260 g/mol. The standard InChI is InChI=1S/C13H12N2O2S/c14-6-13(7-17-8-13)4-9-1-2-10-11(3-9)18-5-12(16)15-10/h1-3H,4-5,7-8H2,(H,15,16). The molecule has 2 heterocycles. The summed E-state index contributed by atoms with van der Waals surface area (Å²) in [5, 5.41) is 12.0. The number of nitrogens with one attached hydrogen (secondary N) is 1. The summed E-state index contributed by atoms with van der Waals surface area (Å²) in [7, 11) is 0. The molecule has 2 aliphatic heterocycles. The molecule has 0 bridgehead atoms. The molecule has 1 amide bonds. The van der Waals surface area contributed by atoms with Gasteiger partial charge in [-0.2, -0.15) is 5.26 Å². The molecule has 4 nitrogen and oxygen atoms in total. The predicted octanol–water partition coefficient (Wildman–Crippen LogP) is 1.81. The smallest absolute Gasteiger partial charge is 0.234 e. The lowest BCUT2D eigenvalue weighted by Crippen LogP contribution is -2.43. The molecule has 0 unspecified atom stereocenters. The van der Waals surface area contributed by atoms with E-state index in [1.54, 1.807) is 11.8 Å². The highest BCUT2D eigenvalue weighted by Gasteiger charge is 2.39. The van der Waals surface area contributed by atoms with Gasteiger partial charge in [-0.25, -0.2) is 0 Å². The maximum Gasteiger partial charge on any atom is 0.234 e. The summed E-state index contributed by atoms with van der Waals surface area (Å²) >= 11 is 1.54. The number of benzene rings is 1. The normalized spacial score (nSPS) is 20.3. The summed E-state index contributed by atoms with van der Waals surface area (Å²) in [6, 6.07) is 8.31. The van der Waals surface area contributed by atoms with Crippen LogP contribution in [0.25, 0.3) is 0 Å². The van der Waals surface area contributed by atoms with E-state index >= 15 is 0 Å². The van der Waals surface area contributed by atoms with Crippen molar-refractivity contribution in [3.63, 3.8) is 0 Å². The summed E-state index contributed by atoms with van der Waals surface area (Å²) in [4.78, 5) is 12.3. The van der Waals surface area contributed by atoms with Gasteiger partial charge in [0.25, 0.3) is 0 Å². The molecule has 1 aromatic carbocycles. The summed E-state index contributed by atoms with van der Waals surface area (Å²) in [5.74, 6) is 0.504. The first-order valence-electron chi connectivity index (χ1n) is 5.75. The molecule has 2 aliphatic rings. The molecule has 5 heteroatoms. The van der Waals surface area contributed by atoms with Crippen LogP contribution < -0.4 is 5.32 Å². The number of carbonyl (C=O) groups is 1. The molecule has 1 fully saturated rings. The molecule has 1 aromatic rings. The van der Waals surface area contributed by atoms with Gasteiger partial charge in [-0.3, -0.25) is 4.79 Å². The van der Waals surface area contributed by atoms with Gasteiger partial charge in [-0.1, -0.05) is 6.07 Å². The molecule has 1 saturated heterocycles. The van der Waals surface area contributed by atoms with Crippen LogP contribution in [0.1, 0.15) is 5.56 Å². The largest absolute Gasteiger partial charge is 0.378 e. The van der Waals surface area contributed by atoms with E-state index in [2.05, 4.69) is 17.5 Å². The van der Waals surface area contributed by atoms with Crippen LogP contribution in [0.2, 0.25) is 0 Å². The van der Waals surface area contributed by atoms with Crippen molar-refractivity contribution >= 4 is 23.4 Å². The fourth-order valence-electron chi connectivity index (χ4n) is 2.17. The number of nitrogens with zero attached hydrogens (tertiary/aromatic N) is 1. The molecule has 3 rings (SSSR count). The Labute approximate surface area is 109 Å². The van der Waals surface area contributed by atoms with Crippen LogP contribution in [0.3, 0.4) is 0 Å². The second-order valence-corrected chi connectivity index (χ2v) is 5.75. The number of ether oxygens (including phenoxy) is 1. The average molecular weight is 260 g/mol. The number of nitriles is 1. The molecule has 0 aliphatic carbocycles. The predicted molar refractivity (Wildman–Crippen MR) is 68.4 cm³/mol. The number of hydrogen-bond acceptors (Lipinski definition) is 4. The van der Waals surface area contributed by atoms with Crippen LogP contribution in [-0.4, -0.2) is 24.9 Å². The molecule has 1 N–H and O–H groups in total. The Morgan fingerprint density at radius 3 is 3.00 bits per heavy atom. The Hall–Kier alpha value is -1.51. The molecule has 0 radical (unpaired) electrons. The van der Waals surface area contributed by atoms with Crippen molar-refractivity contribution < 1.29 is 9.53 Å². The van der Waals surface area contributed by atoms with Gasteiger partial charge in [-0.05, 0) is 24.1 Å². The highest BCUT2D eigenvalue weighted by molar-refractivity contribution is 8.00. The average Bonchev–Trinajstić information content (AvgIpc) is 2.34. The van der Waals surface area contributed by atoms with Crippen LogP contribution in [-0.2, 0) is 16.0 Å². The number of thioether (sulfide) groups is 1. The molecule has 0 spiro atoms. The van der Waals surface area contributed by atoms with Crippen molar-refractivity contribution in [3.05, 3.63) is 23.8 Å². The van der Waals surface area contributed by atoms with Gasteiger partial charge < -0.3 is 10.1 Å². The van der Waals surface area contributed by atoms with Gasteiger partial charge in [-0.15, -0.1) is 11.8 Å². The van der Waals surface area contributed by atoms with E-state index in [1.165, 1.54) is 0 Å². The molecule has 92 valence electrons. The van der Waals surface area contributed by atoms with Crippen molar-refractivity contribution in [1.29, 1.82) is 5.26 Å². The Kier molecular flexibility index (Phi) is 2.77. The van der Waals surface area contributed by atoms with Crippen molar-refractivity contribution in [2.75, 3.05) is 24.3 Å². The summed E-state index contributed by atoms with van der Waals surface area (Å²) in [6.07, 6.45) is 0.714. The second-order valence-electron chi connectivity index (χ2n) is 4.73. The number of hydrogen-bond donors (Lipinski definition) is 1. The van der Waals surface area contributed by atoms with Gasteiger partial charge in [0, 0.05) is 4.90 Å². The van der Waals surface area contributed by atoms with E-state index in [-0.39, 0.29) is 11.3 Å². The third-order valence-electron chi connectivity index (χ3n) is 3.22. The zero-order chi connectivity index (χ0) is 12.6. The van der Waals surface area contributed by atoms with E-state index in [4.69, 9.17) is 4.74 Å². The number of anilines is 1. The Morgan fingerprint density at radius 1 is 1.50 bits per heavy atom. The molecule has 0 atom stereocenters. The number of rotatable bonds is 2. The minimum atomic E-state index is -0.350. The third-order valence-corrected chi connectivity index (χ3v) is 4.27. The molecule has 18 heavy (non-hydrogen) atoms. The van der Waals surface area contributed by atoms with Crippen molar-refractivity contribution in [2.24, 2.45) is 5.41 Å². The van der Waals surface area contributed by atoms with Crippen molar-refractivity contribution in [3.8, 4) is 6.07 Å². The van der Waals surface area contributed by atoms with E-state index in [1.807, 2.05) is 12.1 Å². The van der Waals surface area contributed by atoms with E-state index in [0.29, 0.717) is 25.4 Å². The quantitative estimate of drug-likeness (QED) is 0.881. The maximum atomic E-state index is 11.2. The van der Waals surface area contributed by atoms with Gasteiger partial charge in [0.15, 0.2) is 0 Å². The second kappa shape index (κ2) is 4.30. The van der Waals surface area contributed by atoms with Crippen molar-refractivity contribution in [2.45, 2.75) is 11.3 Å². The van der Waals surface area contributed by atoms with E-state index in [0.717, 1.165) is 16.1 Å². The highest BCUT2D eigenvalue weighted by atomic mass is 32.2. The van der Waals surface area contributed by atoms with Crippen LogP contribution in [0.5, 0.6) is 0 Å². The SMILES string of the molecule is N#CC1(Cc2ccc3c(c2)SCC(=O)N3)COC1. The first kappa shape index (κ1) is 11.6. The summed E-state index contributed by atoms with van der Waals surface area (Å²) < 4.78 is 5.14. The van der Waals surface area contributed by atoms with E-state index < -0.39 is 0 Å². The molecule has 0 saturated carbocycles. The maximum absolute atomic E-state index is 11.2. The minimum absolute atomic E-state index is 0.0427. The fourth-order valence-corrected chi connectivity index (χ4v) is 3.04. The van der Waals surface area contributed by atoms with Gasteiger partial charge in [0.05, 0.1) is 30.7 Å². The van der Waals surface area contributed by atoms with Gasteiger partial charge in [0.2, 0.25) is 5.91 Å². The van der Waals surface area contributed by atoms with Crippen LogP contribution in [0, 0.1) is 16.7 Å². The minimum Gasteiger partial charge on any atom is -0.378 e. The molecular formula is C13H12N2O2S. The fraction of sp³-hybridized carbons (Fsp3) is 0.385. The first-order valence-corrected chi connectivity index (χ1v) is 6.74. The van der Waals surface area contributed by atoms with Crippen molar-refractivity contribution in [1.82, 2.24) is 0 Å². The Bertz CT molecular complexity index is 546. The van der Waals surface area contributed by atoms with Crippen LogP contribution in [0.15, 0.2) is 23.1 Å². The van der Waals surface area contributed by atoms with E-state index in [9.17, 15) is 10.1 Å². The van der Waals surface area contributed by atoms with Crippen LogP contribution in [0.4, 0.5) is 5.69 Å². The Morgan fingerprint density at radius 2 is 2.33 bits per heavy atom. The zero-order valence-corrected chi connectivity index (χ0v) is 10.5. The lowest BCUT2D eigenvalue weighted by Gasteiger charge is -2.35.